The van der Waals surface area contributed by atoms with Crippen LogP contribution in [-0.2, 0) is 4.79 Å². The number of rotatable bonds is 3. The standard InChI is InChI=1S/C14H18ClN3O2/c1-8-5-6-17-12(8)14(20)18-11-7-9(13(19)16-2)3-4-10(11)15/h3-4,7-8,12,17H,5-6H2,1-2H3,(H,16,19)(H,18,20). The smallest absolute Gasteiger partial charge is 0.251 e. The summed E-state index contributed by atoms with van der Waals surface area (Å²) in [5.41, 5.74) is 0.915. The molecule has 3 N–H and O–H groups in total. The van der Waals surface area contributed by atoms with Crippen molar-refractivity contribution >= 4 is 29.1 Å². The highest BCUT2D eigenvalue weighted by Crippen LogP contribution is 2.24. The first-order valence-corrected chi connectivity index (χ1v) is 6.96. The number of halogens is 1. The van der Waals surface area contributed by atoms with E-state index in [1.807, 2.05) is 6.92 Å². The van der Waals surface area contributed by atoms with Crippen molar-refractivity contribution in [2.45, 2.75) is 19.4 Å². The molecule has 0 spiro atoms. The largest absolute Gasteiger partial charge is 0.355 e. The lowest BCUT2D eigenvalue weighted by atomic mass is 10.0. The molecule has 2 unspecified atom stereocenters. The van der Waals surface area contributed by atoms with Crippen LogP contribution in [0.25, 0.3) is 0 Å². The Labute approximate surface area is 123 Å². The molecule has 1 saturated heterocycles. The molecule has 0 radical (unpaired) electrons. The van der Waals surface area contributed by atoms with Crippen LogP contribution >= 0.6 is 11.6 Å². The van der Waals surface area contributed by atoms with Gasteiger partial charge in [0.25, 0.3) is 5.91 Å². The van der Waals surface area contributed by atoms with E-state index >= 15 is 0 Å². The molecule has 6 heteroatoms. The SMILES string of the molecule is CNC(=O)c1ccc(Cl)c(NC(=O)C2NCCC2C)c1. The molecular formula is C14H18ClN3O2. The maximum absolute atomic E-state index is 12.2. The van der Waals surface area contributed by atoms with E-state index in [4.69, 9.17) is 11.6 Å². The van der Waals surface area contributed by atoms with E-state index in [1.165, 1.54) is 0 Å². The fourth-order valence-electron chi connectivity index (χ4n) is 2.30. The van der Waals surface area contributed by atoms with Crippen LogP contribution in [0, 0.1) is 5.92 Å². The maximum atomic E-state index is 12.2. The summed E-state index contributed by atoms with van der Waals surface area (Å²) in [6.07, 6.45) is 0.976. The summed E-state index contributed by atoms with van der Waals surface area (Å²) in [7, 11) is 1.55. The highest BCUT2D eigenvalue weighted by molar-refractivity contribution is 6.34. The Morgan fingerprint density at radius 1 is 1.40 bits per heavy atom. The normalized spacial score (nSPS) is 21.6. The fourth-order valence-corrected chi connectivity index (χ4v) is 2.47. The van der Waals surface area contributed by atoms with Crippen molar-refractivity contribution in [2.75, 3.05) is 18.9 Å². The average molecular weight is 296 g/mol. The number of hydrogen-bond acceptors (Lipinski definition) is 3. The lowest BCUT2D eigenvalue weighted by molar-refractivity contribution is -0.118. The molecule has 2 atom stereocenters. The minimum absolute atomic E-state index is 0.119. The lowest BCUT2D eigenvalue weighted by Crippen LogP contribution is -2.39. The number of nitrogens with one attached hydrogen (secondary N) is 3. The molecule has 108 valence electrons. The van der Waals surface area contributed by atoms with Gasteiger partial charge in [-0.1, -0.05) is 18.5 Å². The van der Waals surface area contributed by atoms with E-state index in [2.05, 4.69) is 16.0 Å². The minimum atomic E-state index is -0.218. The van der Waals surface area contributed by atoms with Crippen molar-refractivity contribution in [1.82, 2.24) is 10.6 Å². The Kier molecular flexibility index (Phi) is 4.62. The van der Waals surface area contributed by atoms with Gasteiger partial charge in [0.05, 0.1) is 16.8 Å². The van der Waals surface area contributed by atoms with E-state index in [1.54, 1.807) is 25.2 Å². The zero-order chi connectivity index (χ0) is 14.7. The van der Waals surface area contributed by atoms with Crippen molar-refractivity contribution in [3.63, 3.8) is 0 Å². The molecule has 1 heterocycles. The zero-order valence-corrected chi connectivity index (χ0v) is 12.3. The quantitative estimate of drug-likeness (QED) is 0.794. The van der Waals surface area contributed by atoms with Gasteiger partial charge in [-0.25, -0.2) is 0 Å². The average Bonchev–Trinajstić information content (AvgIpc) is 2.86. The Hall–Kier alpha value is -1.59. The predicted octanol–water partition coefficient (Wildman–Crippen LogP) is 1.64. The number of carbonyl (C=O) groups excluding carboxylic acids is 2. The van der Waals surface area contributed by atoms with Crippen LogP contribution in [0.1, 0.15) is 23.7 Å². The fraction of sp³-hybridized carbons (Fsp3) is 0.429. The topological polar surface area (TPSA) is 70.2 Å². The van der Waals surface area contributed by atoms with Gasteiger partial charge in [-0.2, -0.15) is 0 Å². The van der Waals surface area contributed by atoms with Crippen LogP contribution in [0.3, 0.4) is 0 Å². The van der Waals surface area contributed by atoms with Crippen LogP contribution in [0.2, 0.25) is 5.02 Å². The first-order chi connectivity index (χ1) is 9.52. The summed E-state index contributed by atoms with van der Waals surface area (Å²) in [4.78, 5) is 23.8. The van der Waals surface area contributed by atoms with Gasteiger partial charge in [-0.15, -0.1) is 0 Å². The van der Waals surface area contributed by atoms with Gasteiger partial charge in [0.2, 0.25) is 5.91 Å². The summed E-state index contributed by atoms with van der Waals surface area (Å²) in [5, 5.41) is 8.90. The van der Waals surface area contributed by atoms with Gasteiger partial charge in [0, 0.05) is 12.6 Å². The second kappa shape index (κ2) is 6.24. The van der Waals surface area contributed by atoms with E-state index in [-0.39, 0.29) is 23.8 Å². The van der Waals surface area contributed by atoms with Crippen molar-refractivity contribution in [3.05, 3.63) is 28.8 Å². The first-order valence-electron chi connectivity index (χ1n) is 6.59. The molecule has 2 rings (SSSR count). The van der Waals surface area contributed by atoms with Gasteiger partial charge < -0.3 is 16.0 Å². The zero-order valence-electron chi connectivity index (χ0n) is 11.5. The Balaban J connectivity index is 2.16. The van der Waals surface area contributed by atoms with Gasteiger partial charge in [0.1, 0.15) is 0 Å². The Bertz CT molecular complexity index is 533. The van der Waals surface area contributed by atoms with Crippen molar-refractivity contribution < 1.29 is 9.59 Å². The van der Waals surface area contributed by atoms with Crippen LogP contribution in [-0.4, -0.2) is 31.4 Å². The van der Waals surface area contributed by atoms with Gasteiger partial charge in [0.15, 0.2) is 0 Å². The lowest BCUT2D eigenvalue weighted by Gasteiger charge is -2.16. The molecule has 0 aromatic heterocycles. The molecule has 1 aromatic rings. The van der Waals surface area contributed by atoms with Crippen LogP contribution < -0.4 is 16.0 Å². The molecule has 0 aliphatic carbocycles. The first kappa shape index (κ1) is 14.8. The summed E-state index contributed by atoms with van der Waals surface area (Å²) in [6, 6.07) is 4.59. The van der Waals surface area contributed by atoms with Gasteiger partial charge in [-0.05, 0) is 37.1 Å². The molecule has 1 aliphatic heterocycles. The summed E-state index contributed by atoms with van der Waals surface area (Å²) < 4.78 is 0. The van der Waals surface area contributed by atoms with Crippen molar-refractivity contribution in [1.29, 1.82) is 0 Å². The predicted molar refractivity (Wildman–Crippen MR) is 79.0 cm³/mol. The maximum Gasteiger partial charge on any atom is 0.251 e. The molecule has 20 heavy (non-hydrogen) atoms. The van der Waals surface area contributed by atoms with E-state index in [0.29, 0.717) is 16.3 Å². The molecule has 0 bridgehead atoms. The third-order valence-corrected chi connectivity index (χ3v) is 3.86. The Morgan fingerprint density at radius 3 is 2.75 bits per heavy atom. The number of carbonyl (C=O) groups is 2. The van der Waals surface area contributed by atoms with Crippen LogP contribution in [0.4, 0.5) is 5.69 Å². The molecule has 1 aliphatic rings. The molecule has 1 fully saturated rings. The highest BCUT2D eigenvalue weighted by atomic mass is 35.5. The van der Waals surface area contributed by atoms with E-state index < -0.39 is 0 Å². The van der Waals surface area contributed by atoms with Crippen molar-refractivity contribution in [2.24, 2.45) is 5.92 Å². The Morgan fingerprint density at radius 2 is 2.15 bits per heavy atom. The van der Waals surface area contributed by atoms with Gasteiger partial charge in [-0.3, -0.25) is 9.59 Å². The van der Waals surface area contributed by atoms with Gasteiger partial charge >= 0.3 is 0 Å². The molecule has 5 nitrogen and oxygen atoms in total. The van der Waals surface area contributed by atoms with Crippen molar-refractivity contribution in [3.8, 4) is 0 Å². The summed E-state index contributed by atoms with van der Waals surface area (Å²) in [5.74, 6) is -0.0496. The number of benzene rings is 1. The highest BCUT2D eigenvalue weighted by Gasteiger charge is 2.29. The van der Waals surface area contributed by atoms with Crippen LogP contribution in [0.5, 0.6) is 0 Å². The van der Waals surface area contributed by atoms with Crippen LogP contribution in [0.15, 0.2) is 18.2 Å². The third kappa shape index (κ3) is 3.11. The molecule has 2 amide bonds. The second-order valence-electron chi connectivity index (χ2n) is 4.96. The third-order valence-electron chi connectivity index (χ3n) is 3.53. The summed E-state index contributed by atoms with van der Waals surface area (Å²) in [6.45, 7) is 2.87. The number of amides is 2. The van der Waals surface area contributed by atoms with E-state index in [0.717, 1.165) is 13.0 Å². The summed E-state index contributed by atoms with van der Waals surface area (Å²) >= 11 is 6.06. The molecular weight excluding hydrogens is 278 g/mol. The number of hydrogen-bond donors (Lipinski definition) is 3. The van der Waals surface area contributed by atoms with E-state index in [9.17, 15) is 9.59 Å². The second-order valence-corrected chi connectivity index (χ2v) is 5.37. The molecule has 0 saturated carbocycles. The monoisotopic (exact) mass is 295 g/mol. The molecule has 1 aromatic carbocycles. The minimum Gasteiger partial charge on any atom is -0.355 e. The number of anilines is 1.